The van der Waals surface area contributed by atoms with E-state index in [2.05, 4.69) is 21.7 Å². The first kappa shape index (κ1) is 19.2. The average molecular weight is 404 g/mol. The molecular weight excluding hydrogens is 384 g/mol. The number of nitriles is 1. The molecule has 0 aliphatic heterocycles. The minimum absolute atomic E-state index is 0.0381. The third-order valence-corrected chi connectivity index (χ3v) is 6.11. The van der Waals surface area contributed by atoms with Crippen molar-refractivity contribution in [2.75, 3.05) is 13.1 Å². The Morgan fingerprint density at radius 1 is 1.24 bits per heavy atom. The molecule has 1 aromatic heterocycles. The number of fused-ring (bicyclic) bond motifs is 1. The van der Waals surface area contributed by atoms with Crippen molar-refractivity contribution >= 4 is 33.7 Å². The SMILES string of the molecule is N#CC(C=O)(CNCC(=O)NC1CC1)c1nc2ccc(-c3ccccc3)cc2s1. The van der Waals surface area contributed by atoms with Gasteiger partial charge in [0, 0.05) is 12.6 Å². The highest BCUT2D eigenvalue weighted by atomic mass is 32.1. The molecule has 1 unspecified atom stereocenters. The highest BCUT2D eigenvalue weighted by Crippen LogP contribution is 2.33. The molecule has 1 amide bonds. The van der Waals surface area contributed by atoms with E-state index >= 15 is 0 Å². The zero-order valence-electron chi connectivity index (χ0n) is 15.7. The van der Waals surface area contributed by atoms with Crippen LogP contribution in [0.15, 0.2) is 48.5 Å². The van der Waals surface area contributed by atoms with E-state index in [0.29, 0.717) is 11.3 Å². The van der Waals surface area contributed by atoms with Crippen LogP contribution in [0.5, 0.6) is 0 Å². The quantitative estimate of drug-likeness (QED) is 0.563. The summed E-state index contributed by atoms with van der Waals surface area (Å²) in [6.07, 6.45) is 2.65. The lowest BCUT2D eigenvalue weighted by Gasteiger charge is -2.17. The van der Waals surface area contributed by atoms with Gasteiger partial charge in [0.1, 0.15) is 11.3 Å². The lowest BCUT2D eigenvalue weighted by molar-refractivity contribution is -0.120. The zero-order chi connectivity index (χ0) is 20.3. The zero-order valence-corrected chi connectivity index (χ0v) is 16.5. The first-order valence-corrected chi connectivity index (χ1v) is 10.3. The number of thiazole rings is 1. The van der Waals surface area contributed by atoms with Crippen molar-refractivity contribution in [1.29, 1.82) is 5.26 Å². The van der Waals surface area contributed by atoms with Gasteiger partial charge in [-0.25, -0.2) is 4.98 Å². The third-order valence-electron chi connectivity index (χ3n) is 4.91. The standard InChI is InChI=1S/C22H20N4O2S/c23-12-22(14-27,13-24-11-20(28)25-17-7-8-17)21-26-18-9-6-16(10-19(18)29-21)15-4-2-1-3-5-15/h1-6,9-10,14,17,24H,7-8,11,13H2,(H,25,28). The Morgan fingerprint density at radius 2 is 2.03 bits per heavy atom. The van der Waals surface area contributed by atoms with E-state index in [4.69, 9.17) is 0 Å². The predicted octanol–water partition coefficient (Wildman–Crippen LogP) is 2.79. The predicted molar refractivity (Wildman–Crippen MR) is 112 cm³/mol. The van der Waals surface area contributed by atoms with Gasteiger partial charge in [0.15, 0.2) is 5.41 Å². The number of rotatable bonds is 8. The molecule has 1 aliphatic carbocycles. The number of carbonyl (C=O) groups is 2. The van der Waals surface area contributed by atoms with Crippen molar-refractivity contribution in [1.82, 2.24) is 15.6 Å². The Kier molecular flexibility index (Phi) is 5.38. The van der Waals surface area contributed by atoms with Crippen LogP contribution < -0.4 is 10.6 Å². The van der Waals surface area contributed by atoms with Crippen LogP contribution in [0.25, 0.3) is 21.3 Å². The number of aromatic nitrogens is 1. The molecule has 4 rings (SSSR count). The molecule has 2 N–H and O–H groups in total. The maximum atomic E-state index is 11.9. The van der Waals surface area contributed by atoms with Gasteiger partial charge in [-0.1, -0.05) is 36.4 Å². The van der Waals surface area contributed by atoms with E-state index in [1.165, 1.54) is 11.3 Å². The second-order valence-electron chi connectivity index (χ2n) is 7.21. The van der Waals surface area contributed by atoms with E-state index in [0.717, 1.165) is 34.2 Å². The summed E-state index contributed by atoms with van der Waals surface area (Å²) in [6.45, 7) is 0.104. The molecule has 1 aliphatic rings. The summed E-state index contributed by atoms with van der Waals surface area (Å²) >= 11 is 1.34. The second kappa shape index (κ2) is 8.11. The summed E-state index contributed by atoms with van der Waals surface area (Å²) in [6, 6.07) is 18.3. The minimum Gasteiger partial charge on any atom is -0.352 e. The van der Waals surface area contributed by atoms with Crippen LogP contribution in [0.3, 0.4) is 0 Å². The number of hydrogen-bond donors (Lipinski definition) is 2. The van der Waals surface area contributed by atoms with Gasteiger partial charge in [0.05, 0.1) is 22.8 Å². The van der Waals surface area contributed by atoms with E-state index in [-0.39, 0.29) is 25.0 Å². The number of nitrogens with zero attached hydrogens (tertiary/aromatic N) is 2. The van der Waals surface area contributed by atoms with E-state index in [9.17, 15) is 14.9 Å². The molecule has 1 saturated carbocycles. The normalized spacial score (nSPS) is 15.4. The average Bonchev–Trinajstić information content (AvgIpc) is 3.46. The number of carbonyl (C=O) groups excluding carboxylic acids is 2. The van der Waals surface area contributed by atoms with Gasteiger partial charge in [0.2, 0.25) is 5.91 Å². The molecule has 1 heterocycles. The molecule has 6 nitrogen and oxygen atoms in total. The Balaban J connectivity index is 1.55. The summed E-state index contributed by atoms with van der Waals surface area (Å²) in [5, 5.41) is 16.0. The maximum Gasteiger partial charge on any atom is 0.234 e. The van der Waals surface area contributed by atoms with Gasteiger partial charge in [-0.05, 0) is 36.1 Å². The van der Waals surface area contributed by atoms with Crippen molar-refractivity contribution in [3.63, 3.8) is 0 Å². The van der Waals surface area contributed by atoms with Crippen molar-refractivity contribution in [3.05, 3.63) is 53.5 Å². The molecule has 0 spiro atoms. The van der Waals surface area contributed by atoms with Gasteiger partial charge >= 0.3 is 0 Å². The van der Waals surface area contributed by atoms with Crippen molar-refractivity contribution in [2.24, 2.45) is 0 Å². The van der Waals surface area contributed by atoms with Crippen LogP contribution in [-0.2, 0) is 15.0 Å². The second-order valence-corrected chi connectivity index (χ2v) is 8.24. The topological polar surface area (TPSA) is 94.9 Å². The van der Waals surface area contributed by atoms with E-state index in [1.54, 1.807) is 0 Å². The molecule has 1 fully saturated rings. The fourth-order valence-electron chi connectivity index (χ4n) is 3.09. The maximum absolute atomic E-state index is 11.9. The largest absolute Gasteiger partial charge is 0.352 e. The smallest absolute Gasteiger partial charge is 0.234 e. The number of nitrogens with one attached hydrogen (secondary N) is 2. The number of amides is 1. The Labute approximate surface area is 172 Å². The monoisotopic (exact) mass is 404 g/mol. The number of hydrogen-bond acceptors (Lipinski definition) is 6. The van der Waals surface area contributed by atoms with Crippen LogP contribution >= 0.6 is 11.3 Å². The molecule has 2 aromatic carbocycles. The number of benzene rings is 2. The molecule has 0 bridgehead atoms. The van der Waals surface area contributed by atoms with Crippen molar-refractivity contribution in [3.8, 4) is 17.2 Å². The molecule has 29 heavy (non-hydrogen) atoms. The lowest BCUT2D eigenvalue weighted by atomic mass is 9.92. The molecule has 0 radical (unpaired) electrons. The van der Waals surface area contributed by atoms with Gasteiger partial charge in [-0.15, -0.1) is 11.3 Å². The summed E-state index contributed by atoms with van der Waals surface area (Å²) in [7, 11) is 0. The molecule has 1 atom stereocenters. The summed E-state index contributed by atoms with van der Waals surface area (Å²) in [4.78, 5) is 28.3. The van der Waals surface area contributed by atoms with Crippen molar-refractivity contribution in [2.45, 2.75) is 24.3 Å². The number of aldehydes is 1. The molecule has 146 valence electrons. The Morgan fingerprint density at radius 3 is 2.72 bits per heavy atom. The molecular formula is C22H20N4O2S. The molecule has 0 saturated heterocycles. The Hall–Kier alpha value is -3.08. The van der Waals surface area contributed by atoms with E-state index < -0.39 is 5.41 Å². The lowest BCUT2D eigenvalue weighted by Crippen LogP contribution is -2.43. The van der Waals surface area contributed by atoms with E-state index in [1.807, 2.05) is 48.5 Å². The van der Waals surface area contributed by atoms with Crippen LogP contribution in [0.1, 0.15) is 17.8 Å². The van der Waals surface area contributed by atoms with Crippen LogP contribution in [-0.4, -0.2) is 36.3 Å². The molecule has 7 heteroatoms. The highest BCUT2D eigenvalue weighted by molar-refractivity contribution is 7.18. The fourth-order valence-corrected chi connectivity index (χ4v) is 4.19. The fraction of sp³-hybridized carbons (Fsp3) is 0.273. The van der Waals surface area contributed by atoms with Crippen LogP contribution in [0.2, 0.25) is 0 Å². The minimum atomic E-state index is -1.42. The van der Waals surface area contributed by atoms with Gasteiger partial charge in [-0.2, -0.15) is 5.26 Å². The first-order valence-electron chi connectivity index (χ1n) is 9.48. The van der Waals surface area contributed by atoms with Gasteiger partial charge in [-0.3, -0.25) is 4.79 Å². The summed E-state index contributed by atoms with van der Waals surface area (Å²) in [5.74, 6) is -0.123. The van der Waals surface area contributed by atoms with Crippen LogP contribution in [0.4, 0.5) is 0 Å². The van der Waals surface area contributed by atoms with Gasteiger partial charge in [0.25, 0.3) is 0 Å². The molecule has 3 aromatic rings. The third kappa shape index (κ3) is 4.19. The van der Waals surface area contributed by atoms with Gasteiger partial charge < -0.3 is 15.4 Å². The first-order chi connectivity index (χ1) is 14.1. The van der Waals surface area contributed by atoms with Crippen LogP contribution in [0, 0.1) is 11.3 Å². The Bertz CT molecular complexity index is 1090. The summed E-state index contributed by atoms with van der Waals surface area (Å²) < 4.78 is 0.911. The summed E-state index contributed by atoms with van der Waals surface area (Å²) in [5.41, 5.74) is 1.47. The highest BCUT2D eigenvalue weighted by Gasteiger charge is 2.36. The van der Waals surface area contributed by atoms with Crippen molar-refractivity contribution < 1.29 is 9.59 Å².